The maximum atomic E-state index is 4.43. The van der Waals surface area contributed by atoms with Crippen LogP contribution in [0.15, 0.2) is 24.9 Å². The number of nitrogens with one attached hydrogen (secondary N) is 1. The predicted molar refractivity (Wildman–Crippen MR) is 76.0 cm³/mol. The summed E-state index contributed by atoms with van der Waals surface area (Å²) in [5, 5.41) is 7.57. The van der Waals surface area contributed by atoms with E-state index >= 15 is 0 Å². The summed E-state index contributed by atoms with van der Waals surface area (Å²) in [5.41, 5.74) is 2.43. The topological polar surface area (TPSA) is 47.7 Å². The third-order valence-electron chi connectivity index (χ3n) is 3.09. The minimum Gasteiger partial charge on any atom is -0.337 e. The van der Waals surface area contributed by atoms with E-state index in [1.54, 1.807) is 0 Å². The van der Waals surface area contributed by atoms with Crippen LogP contribution in [-0.4, -0.2) is 32.4 Å². The van der Waals surface area contributed by atoms with Crippen LogP contribution in [0.2, 0.25) is 0 Å². The molecule has 19 heavy (non-hydrogen) atoms. The minimum atomic E-state index is 0.959. The highest BCUT2D eigenvalue weighted by Gasteiger charge is 2.00. The van der Waals surface area contributed by atoms with E-state index in [1.807, 2.05) is 24.3 Å². The van der Waals surface area contributed by atoms with E-state index in [0.717, 1.165) is 38.2 Å². The van der Waals surface area contributed by atoms with Crippen molar-refractivity contribution in [2.75, 3.05) is 13.1 Å². The van der Waals surface area contributed by atoms with Crippen LogP contribution in [-0.2, 0) is 26.4 Å². The summed E-state index contributed by atoms with van der Waals surface area (Å²) in [6, 6.07) is 0. The molecule has 0 spiro atoms. The van der Waals surface area contributed by atoms with Crippen molar-refractivity contribution in [1.29, 1.82) is 0 Å². The van der Waals surface area contributed by atoms with Crippen LogP contribution in [0.25, 0.3) is 0 Å². The zero-order chi connectivity index (χ0) is 13.5. The van der Waals surface area contributed by atoms with E-state index in [0.29, 0.717) is 0 Å². The lowest BCUT2D eigenvalue weighted by Gasteiger charge is -2.00. The molecule has 104 valence electrons. The Kier molecular flexibility index (Phi) is 5.15. The molecule has 0 aliphatic carbocycles. The first kappa shape index (κ1) is 13.8. The summed E-state index contributed by atoms with van der Waals surface area (Å²) < 4.78 is 4.00. The van der Waals surface area contributed by atoms with Gasteiger partial charge in [0.2, 0.25) is 0 Å². The molecule has 0 saturated carbocycles. The summed E-state index contributed by atoms with van der Waals surface area (Å²) in [4.78, 5) is 4.43. The normalized spacial score (nSPS) is 11.1. The average molecular weight is 261 g/mol. The lowest BCUT2D eigenvalue weighted by atomic mass is 10.2. The van der Waals surface area contributed by atoms with Gasteiger partial charge in [-0.15, -0.1) is 0 Å². The number of hydrogen-bond donors (Lipinski definition) is 1. The van der Waals surface area contributed by atoms with Crippen molar-refractivity contribution >= 4 is 0 Å². The highest BCUT2D eigenvalue weighted by molar-refractivity contribution is 5.04. The lowest BCUT2D eigenvalue weighted by molar-refractivity contribution is 0.664. The van der Waals surface area contributed by atoms with Crippen molar-refractivity contribution in [1.82, 2.24) is 24.6 Å². The number of rotatable bonds is 8. The van der Waals surface area contributed by atoms with Gasteiger partial charge >= 0.3 is 0 Å². The van der Waals surface area contributed by atoms with Crippen LogP contribution in [0.1, 0.15) is 24.6 Å². The van der Waals surface area contributed by atoms with E-state index < -0.39 is 0 Å². The Morgan fingerprint density at radius 1 is 1.21 bits per heavy atom. The Morgan fingerprint density at radius 2 is 2.11 bits per heavy atom. The second-order valence-electron chi connectivity index (χ2n) is 4.88. The molecular formula is C14H23N5. The van der Waals surface area contributed by atoms with Gasteiger partial charge in [0, 0.05) is 39.0 Å². The maximum absolute atomic E-state index is 4.43. The first-order valence-electron chi connectivity index (χ1n) is 6.97. The number of aryl methyl sites for hydroxylation is 3. The van der Waals surface area contributed by atoms with Crippen molar-refractivity contribution in [3.8, 4) is 0 Å². The molecule has 0 radical (unpaired) electrons. The summed E-state index contributed by atoms with van der Waals surface area (Å²) in [5.74, 6) is 0. The molecule has 0 aliphatic rings. The summed E-state index contributed by atoms with van der Waals surface area (Å²) in [6.07, 6.45) is 11.2. The largest absolute Gasteiger partial charge is 0.337 e. The molecule has 5 heteroatoms. The fourth-order valence-corrected chi connectivity index (χ4v) is 2.04. The Balaban J connectivity index is 1.74. The Morgan fingerprint density at radius 3 is 2.84 bits per heavy atom. The molecule has 0 amide bonds. The molecule has 5 nitrogen and oxygen atoms in total. The molecule has 2 aromatic heterocycles. The van der Waals surface area contributed by atoms with Crippen LogP contribution < -0.4 is 5.32 Å². The van der Waals surface area contributed by atoms with E-state index in [1.165, 1.54) is 12.0 Å². The highest BCUT2D eigenvalue weighted by Crippen LogP contribution is 2.02. The van der Waals surface area contributed by atoms with Gasteiger partial charge in [-0.05, 0) is 24.9 Å². The summed E-state index contributed by atoms with van der Waals surface area (Å²) in [7, 11) is 1.95. The van der Waals surface area contributed by atoms with Crippen LogP contribution >= 0.6 is 0 Å². The van der Waals surface area contributed by atoms with Gasteiger partial charge in [-0.3, -0.25) is 4.68 Å². The number of imidazole rings is 1. The van der Waals surface area contributed by atoms with Crippen molar-refractivity contribution in [3.63, 3.8) is 0 Å². The fraction of sp³-hybridized carbons (Fsp3) is 0.571. The monoisotopic (exact) mass is 261 g/mol. The van der Waals surface area contributed by atoms with Gasteiger partial charge < -0.3 is 9.88 Å². The molecule has 2 aromatic rings. The Bertz CT molecular complexity index is 485. The van der Waals surface area contributed by atoms with Crippen LogP contribution in [0, 0.1) is 0 Å². The smallest absolute Gasteiger partial charge is 0.0949 e. The van der Waals surface area contributed by atoms with E-state index in [-0.39, 0.29) is 0 Å². The van der Waals surface area contributed by atoms with E-state index in [9.17, 15) is 0 Å². The highest BCUT2D eigenvalue weighted by atomic mass is 15.2. The van der Waals surface area contributed by atoms with E-state index in [2.05, 4.69) is 39.3 Å². The average Bonchev–Trinajstić information content (AvgIpc) is 3.01. The van der Waals surface area contributed by atoms with Gasteiger partial charge in [-0.25, -0.2) is 4.98 Å². The fourth-order valence-electron chi connectivity index (χ4n) is 2.04. The number of hydrogen-bond acceptors (Lipinski definition) is 3. The van der Waals surface area contributed by atoms with E-state index in [4.69, 9.17) is 0 Å². The molecule has 0 aliphatic heterocycles. The summed E-state index contributed by atoms with van der Waals surface area (Å²) >= 11 is 0. The Labute approximate surface area is 114 Å². The standard InChI is InChI=1S/C14H23N5/c1-3-6-15-7-4-14-11-19(12-16-14)8-5-13-9-17-18(2)10-13/h9-12,15H,3-8H2,1-2H3. The molecule has 0 bridgehead atoms. The Hall–Kier alpha value is -1.62. The van der Waals surface area contributed by atoms with Gasteiger partial charge in [-0.2, -0.15) is 5.10 Å². The van der Waals surface area contributed by atoms with Gasteiger partial charge in [0.15, 0.2) is 0 Å². The SMILES string of the molecule is CCCNCCc1cn(CCc2cnn(C)c2)cn1. The lowest BCUT2D eigenvalue weighted by Crippen LogP contribution is -2.17. The predicted octanol–water partition coefficient (Wildman–Crippen LogP) is 1.40. The second kappa shape index (κ2) is 7.09. The zero-order valence-corrected chi connectivity index (χ0v) is 11.8. The first-order valence-corrected chi connectivity index (χ1v) is 6.97. The van der Waals surface area contributed by atoms with Crippen molar-refractivity contribution in [3.05, 3.63) is 36.2 Å². The van der Waals surface area contributed by atoms with Gasteiger partial charge in [0.25, 0.3) is 0 Å². The molecule has 2 rings (SSSR count). The quantitative estimate of drug-likeness (QED) is 0.731. The van der Waals surface area contributed by atoms with Crippen molar-refractivity contribution < 1.29 is 0 Å². The molecule has 0 saturated heterocycles. The molecular weight excluding hydrogens is 238 g/mol. The number of nitrogens with zero attached hydrogens (tertiary/aromatic N) is 4. The zero-order valence-electron chi connectivity index (χ0n) is 11.8. The minimum absolute atomic E-state index is 0.959. The third kappa shape index (κ3) is 4.52. The second-order valence-corrected chi connectivity index (χ2v) is 4.88. The molecule has 0 atom stereocenters. The van der Waals surface area contributed by atoms with Crippen LogP contribution in [0.4, 0.5) is 0 Å². The molecule has 2 heterocycles. The molecule has 1 N–H and O–H groups in total. The molecule has 0 fully saturated rings. The van der Waals surface area contributed by atoms with Crippen LogP contribution in [0.3, 0.4) is 0 Å². The third-order valence-corrected chi connectivity index (χ3v) is 3.09. The van der Waals surface area contributed by atoms with Crippen LogP contribution in [0.5, 0.6) is 0 Å². The van der Waals surface area contributed by atoms with Gasteiger partial charge in [-0.1, -0.05) is 6.92 Å². The summed E-state index contributed by atoms with van der Waals surface area (Å²) in [6.45, 7) is 5.23. The van der Waals surface area contributed by atoms with Crippen molar-refractivity contribution in [2.45, 2.75) is 32.7 Å². The molecule has 0 unspecified atom stereocenters. The number of aromatic nitrogens is 4. The molecule has 0 aromatic carbocycles. The maximum Gasteiger partial charge on any atom is 0.0949 e. The van der Waals surface area contributed by atoms with Crippen molar-refractivity contribution in [2.24, 2.45) is 7.05 Å². The van der Waals surface area contributed by atoms with Gasteiger partial charge in [0.05, 0.1) is 18.2 Å². The van der Waals surface area contributed by atoms with Gasteiger partial charge in [0.1, 0.15) is 0 Å². The first-order chi connectivity index (χ1) is 9.28.